The Hall–Kier alpha value is -1.63. The minimum absolute atomic E-state index is 0.173. The summed E-state index contributed by atoms with van der Waals surface area (Å²) in [5.41, 5.74) is 6.76. The van der Waals surface area contributed by atoms with E-state index in [0.717, 1.165) is 22.6 Å². The fourth-order valence-electron chi connectivity index (χ4n) is 2.10. The van der Waals surface area contributed by atoms with Gasteiger partial charge in [-0.3, -0.25) is 4.79 Å². The van der Waals surface area contributed by atoms with Crippen molar-refractivity contribution in [3.8, 4) is 5.69 Å². The van der Waals surface area contributed by atoms with Crippen molar-refractivity contribution in [2.24, 2.45) is 5.10 Å². The molecule has 0 radical (unpaired) electrons. The second-order valence-corrected chi connectivity index (χ2v) is 5.81. The SMILES string of the molecule is CC(=O)N/N=C\c1cc(C)n(-c2ccc(I)cc2)c1C. The highest BCUT2D eigenvalue weighted by Crippen LogP contribution is 2.20. The number of carbonyl (C=O) groups excluding carboxylic acids is 1. The number of hydrogen-bond donors (Lipinski definition) is 1. The predicted molar refractivity (Wildman–Crippen MR) is 89.4 cm³/mol. The van der Waals surface area contributed by atoms with Crippen molar-refractivity contribution in [3.05, 3.63) is 50.9 Å². The van der Waals surface area contributed by atoms with E-state index in [9.17, 15) is 4.79 Å². The zero-order valence-electron chi connectivity index (χ0n) is 11.6. The number of nitrogens with zero attached hydrogens (tertiary/aromatic N) is 2. The van der Waals surface area contributed by atoms with Crippen molar-refractivity contribution in [2.45, 2.75) is 20.8 Å². The van der Waals surface area contributed by atoms with Gasteiger partial charge in [0.05, 0.1) is 6.21 Å². The molecule has 0 atom stereocenters. The van der Waals surface area contributed by atoms with Crippen LogP contribution >= 0.6 is 22.6 Å². The van der Waals surface area contributed by atoms with Crippen molar-refractivity contribution >= 4 is 34.7 Å². The van der Waals surface area contributed by atoms with Crippen LogP contribution in [-0.4, -0.2) is 16.7 Å². The van der Waals surface area contributed by atoms with Gasteiger partial charge in [0.15, 0.2) is 0 Å². The molecular weight excluding hydrogens is 365 g/mol. The Morgan fingerprint density at radius 2 is 1.95 bits per heavy atom. The van der Waals surface area contributed by atoms with E-state index in [2.05, 4.69) is 74.9 Å². The lowest BCUT2D eigenvalue weighted by Gasteiger charge is -2.09. The summed E-state index contributed by atoms with van der Waals surface area (Å²) in [6.45, 7) is 5.53. The molecule has 0 unspecified atom stereocenters. The van der Waals surface area contributed by atoms with Gasteiger partial charge in [-0.15, -0.1) is 0 Å². The second-order valence-electron chi connectivity index (χ2n) is 4.56. The Labute approximate surface area is 132 Å². The number of hydrogen-bond acceptors (Lipinski definition) is 2. The average molecular weight is 381 g/mol. The van der Waals surface area contributed by atoms with E-state index in [1.54, 1.807) is 6.21 Å². The molecule has 0 fully saturated rings. The van der Waals surface area contributed by atoms with E-state index in [1.165, 1.54) is 10.5 Å². The molecule has 1 aromatic heterocycles. The third-order valence-electron chi connectivity index (χ3n) is 2.98. The maximum absolute atomic E-state index is 10.8. The highest BCUT2D eigenvalue weighted by Gasteiger charge is 2.09. The van der Waals surface area contributed by atoms with Gasteiger partial charge in [-0.1, -0.05) is 0 Å². The molecule has 20 heavy (non-hydrogen) atoms. The quantitative estimate of drug-likeness (QED) is 0.496. The first kappa shape index (κ1) is 14.8. The Kier molecular flexibility index (Phi) is 4.59. The molecule has 0 bridgehead atoms. The lowest BCUT2D eigenvalue weighted by Crippen LogP contribution is -2.12. The fraction of sp³-hybridized carbons (Fsp3) is 0.200. The van der Waals surface area contributed by atoms with Gasteiger partial charge < -0.3 is 4.57 Å². The van der Waals surface area contributed by atoms with Crippen LogP contribution in [0.3, 0.4) is 0 Å². The molecule has 1 N–H and O–H groups in total. The van der Waals surface area contributed by atoms with Gasteiger partial charge in [-0.2, -0.15) is 5.10 Å². The summed E-state index contributed by atoms with van der Waals surface area (Å²) in [5, 5.41) is 3.93. The summed E-state index contributed by atoms with van der Waals surface area (Å²) in [6, 6.07) is 10.4. The molecule has 0 aliphatic rings. The van der Waals surface area contributed by atoms with Crippen molar-refractivity contribution in [1.82, 2.24) is 9.99 Å². The summed E-state index contributed by atoms with van der Waals surface area (Å²) in [5.74, 6) is -0.173. The summed E-state index contributed by atoms with van der Waals surface area (Å²) < 4.78 is 3.38. The largest absolute Gasteiger partial charge is 0.318 e. The molecule has 5 heteroatoms. The average Bonchev–Trinajstić information content (AvgIpc) is 2.66. The summed E-state index contributed by atoms with van der Waals surface area (Å²) in [4.78, 5) is 10.8. The standard InChI is InChI=1S/C15H16IN3O/c1-10-8-13(9-17-18-12(3)20)11(2)19(10)15-6-4-14(16)5-7-15/h4-9H,1-3H3,(H,18,20)/b17-9-. The van der Waals surface area contributed by atoms with Crippen molar-refractivity contribution in [3.63, 3.8) is 0 Å². The van der Waals surface area contributed by atoms with Crippen LogP contribution in [0.2, 0.25) is 0 Å². The number of aryl methyl sites for hydroxylation is 1. The minimum atomic E-state index is -0.173. The number of hydrazone groups is 1. The number of halogens is 1. The van der Waals surface area contributed by atoms with Gasteiger partial charge in [-0.05, 0) is 66.8 Å². The number of benzene rings is 1. The van der Waals surface area contributed by atoms with E-state index in [-0.39, 0.29) is 5.91 Å². The van der Waals surface area contributed by atoms with E-state index in [0.29, 0.717) is 0 Å². The molecule has 0 spiro atoms. The van der Waals surface area contributed by atoms with E-state index < -0.39 is 0 Å². The van der Waals surface area contributed by atoms with E-state index >= 15 is 0 Å². The van der Waals surface area contributed by atoms with Gasteiger partial charge in [0, 0.05) is 33.1 Å². The molecule has 1 aromatic carbocycles. The molecule has 104 valence electrons. The fourth-order valence-corrected chi connectivity index (χ4v) is 2.46. The molecule has 1 amide bonds. The van der Waals surface area contributed by atoms with Crippen LogP contribution in [0.1, 0.15) is 23.9 Å². The first-order valence-electron chi connectivity index (χ1n) is 6.23. The lowest BCUT2D eigenvalue weighted by molar-refractivity contribution is -0.118. The first-order valence-corrected chi connectivity index (χ1v) is 7.31. The molecule has 2 aromatic rings. The van der Waals surface area contributed by atoms with E-state index in [4.69, 9.17) is 0 Å². The van der Waals surface area contributed by atoms with Gasteiger partial charge in [0.25, 0.3) is 0 Å². The molecule has 0 saturated heterocycles. The summed E-state index contributed by atoms with van der Waals surface area (Å²) >= 11 is 2.29. The van der Waals surface area contributed by atoms with E-state index in [1.807, 2.05) is 6.92 Å². The maximum Gasteiger partial charge on any atom is 0.236 e. The highest BCUT2D eigenvalue weighted by atomic mass is 127. The molecule has 0 saturated carbocycles. The number of amides is 1. The van der Waals surface area contributed by atoms with Crippen LogP contribution in [0.5, 0.6) is 0 Å². The topological polar surface area (TPSA) is 46.4 Å². The maximum atomic E-state index is 10.8. The van der Waals surface area contributed by atoms with Gasteiger partial charge in [-0.25, -0.2) is 5.43 Å². The van der Waals surface area contributed by atoms with Crippen molar-refractivity contribution in [1.29, 1.82) is 0 Å². The van der Waals surface area contributed by atoms with Gasteiger partial charge >= 0.3 is 0 Å². The predicted octanol–water partition coefficient (Wildman–Crippen LogP) is 3.17. The zero-order valence-corrected chi connectivity index (χ0v) is 13.8. The van der Waals surface area contributed by atoms with Crippen LogP contribution in [0.4, 0.5) is 0 Å². The monoisotopic (exact) mass is 381 g/mol. The smallest absolute Gasteiger partial charge is 0.236 e. The van der Waals surface area contributed by atoms with Crippen LogP contribution in [-0.2, 0) is 4.79 Å². The molecule has 4 nitrogen and oxygen atoms in total. The summed E-state index contributed by atoms with van der Waals surface area (Å²) in [6.07, 6.45) is 1.67. The Morgan fingerprint density at radius 3 is 2.55 bits per heavy atom. The highest BCUT2D eigenvalue weighted by molar-refractivity contribution is 14.1. The number of carbonyl (C=O) groups is 1. The van der Waals surface area contributed by atoms with Crippen LogP contribution in [0, 0.1) is 17.4 Å². The van der Waals surface area contributed by atoms with Crippen LogP contribution in [0.25, 0.3) is 5.69 Å². The zero-order chi connectivity index (χ0) is 14.7. The molecule has 1 heterocycles. The first-order chi connectivity index (χ1) is 9.49. The van der Waals surface area contributed by atoms with Crippen molar-refractivity contribution in [2.75, 3.05) is 0 Å². The Bertz CT molecular complexity index is 657. The molecule has 2 rings (SSSR count). The minimum Gasteiger partial charge on any atom is -0.318 e. The number of rotatable bonds is 3. The van der Waals surface area contributed by atoms with Crippen molar-refractivity contribution < 1.29 is 4.79 Å². The van der Waals surface area contributed by atoms with Gasteiger partial charge in [0.1, 0.15) is 0 Å². The number of aromatic nitrogens is 1. The lowest BCUT2D eigenvalue weighted by atomic mass is 10.2. The Morgan fingerprint density at radius 1 is 1.30 bits per heavy atom. The molecular formula is C15H16IN3O. The number of nitrogens with one attached hydrogen (secondary N) is 1. The normalized spacial score (nSPS) is 11.0. The Balaban J connectivity index is 2.36. The molecule has 0 aliphatic carbocycles. The summed E-state index contributed by atoms with van der Waals surface area (Å²) in [7, 11) is 0. The van der Waals surface area contributed by atoms with Crippen LogP contribution < -0.4 is 5.43 Å². The second kappa shape index (κ2) is 6.21. The molecule has 0 aliphatic heterocycles. The van der Waals surface area contributed by atoms with Gasteiger partial charge in [0.2, 0.25) is 5.91 Å². The third kappa shape index (κ3) is 3.27. The van der Waals surface area contributed by atoms with Crippen LogP contribution in [0.15, 0.2) is 35.4 Å². The third-order valence-corrected chi connectivity index (χ3v) is 3.70.